The summed E-state index contributed by atoms with van der Waals surface area (Å²) in [6, 6.07) is 23.5. The molecule has 32 heavy (non-hydrogen) atoms. The lowest BCUT2D eigenvalue weighted by Crippen LogP contribution is -2.27. The van der Waals surface area contributed by atoms with E-state index in [-0.39, 0.29) is 18.7 Å². The van der Waals surface area contributed by atoms with Gasteiger partial charge in [-0.25, -0.2) is 0 Å². The van der Waals surface area contributed by atoms with E-state index in [1.165, 1.54) is 0 Å². The maximum Gasteiger partial charge on any atom is 0.306 e. The molecule has 3 aromatic carbocycles. The van der Waals surface area contributed by atoms with Crippen molar-refractivity contribution >= 4 is 46.4 Å². The van der Waals surface area contributed by atoms with Crippen molar-refractivity contribution in [1.29, 1.82) is 0 Å². The van der Waals surface area contributed by atoms with Crippen LogP contribution in [0, 0.1) is 6.92 Å². The number of hydrogen-bond donors (Lipinski definition) is 1. The highest BCUT2D eigenvalue weighted by Gasteiger charge is 2.19. The molecule has 2 amide bonds. The maximum absolute atomic E-state index is 12.9. The van der Waals surface area contributed by atoms with Gasteiger partial charge in [-0.15, -0.1) is 0 Å². The molecule has 164 valence electrons. The van der Waals surface area contributed by atoms with Crippen LogP contribution in [0.25, 0.3) is 0 Å². The minimum Gasteiger partial charge on any atom is -0.456 e. The minimum absolute atomic E-state index is 0.0579. The molecule has 6 nitrogen and oxygen atoms in total. The number of hydrogen-bond acceptors (Lipinski definition) is 4. The van der Waals surface area contributed by atoms with Crippen LogP contribution in [0.5, 0.6) is 0 Å². The van der Waals surface area contributed by atoms with Crippen molar-refractivity contribution in [2.75, 3.05) is 16.8 Å². The molecule has 0 saturated carbocycles. The highest BCUT2D eigenvalue weighted by molar-refractivity contribution is 6.31. The Hall–Kier alpha value is -3.64. The summed E-state index contributed by atoms with van der Waals surface area (Å²) in [5.74, 6) is -1.36. The van der Waals surface area contributed by atoms with Gasteiger partial charge in [0.05, 0.1) is 6.42 Å². The first-order valence-electron chi connectivity index (χ1n) is 10.1. The Morgan fingerprint density at radius 1 is 0.875 bits per heavy atom. The van der Waals surface area contributed by atoms with E-state index < -0.39 is 18.5 Å². The number of esters is 1. The fraction of sp³-hybridized carbons (Fsp3) is 0.160. The van der Waals surface area contributed by atoms with Crippen LogP contribution in [0.2, 0.25) is 5.02 Å². The molecule has 3 aromatic rings. The molecule has 0 fully saturated rings. The number of anilines is 3. The number of halogens is 1. The number of carbonyl (C=O) groups is 3. The maximum atomic E-state index is 12.9. The molecule has 0 aliphatic heterocycles. The summed E-state index contributed by atoms with van der Waals surface area (Å²) in [6.07, 6.45) is -0.198. The van der Waals surface area contributed by atoms with Crippen LogP contribution >= 0.6 is 11.6 Å². The molecule has 0 radical (unpaired) electrons. The zero-order valence-corrected chi connectivity index (χ0v) is 18.3. The first-order chi connectivity index (χ1) is 15.4. The lowest BCUT2D eigenvalue weighted by molar-refractivity contribution is -0.148. The number of nitrogens with one attached hydrogen (secondary N) is 1. The first-order valence-corrected chi connectivity index (χ1v) is 10.5. The van der Waals surface area contributed by atoms with Crippen molar-refractivity contribution in [3.63, 3.8) is 0 Å². The van der Waals surface area contributed by atoms with Crippen LogP contribution in [0.4, 0.5) is 17.1 Å². The topological polar surface area (TPSA) is 75.7 Å². The molecule has 0 aromatic heterocycles. The third kappa shape index (κ3) is 6.43. The lowest BCUT2D eigenvalue weighted by atomic mass is 10.2. The van der Waals surface area contributed by atoms with Crippen molar-refractivity contribution in [3.05, 3.63) is 89.4 Å². The summed E-state index contributed by atoms with van der Waals surface area (Å²) in [6.45, 7) is 1.38. The van der Waals surface area contributed by atoms with Gasteiger partial charge in [-0.3, -0.25) is 19.3 Å². The van der Waals surface area contributed by atoms with E-state index in [0.717, 1.165) is 5.56 Å². The van der Waals surface area contributed by atoms with E-state index in [9.17, 15) is 14.4 Å². The molecule has 0 bridgehead atoms. The normalized spacial score (nSPS) is 10.3. The number of benzene rings is 3. The Labute approximate surface area is 191 Å². The summed E-state index contributed by atoms with van der Waals surface area (Å²) in [7, 11) is 0. The predicted octanol–water partition coefficient (Wildman–Crippen LogP) is 5.28. The Morgan fingerprint density at radius 3 is 2.06 bits per heavy atom. The molecule has 0 saturated heterocycles. The van der Waals surface area contributed by atoms with E-state index in [0.29, 0.717) is 22.1 Å². The number of para-hydroxylation sites is 2. The quantitative estimate of drug-likeness (QED) is 0.474. The van der Waals surface area contributed by atoms with E-state index in [2.05, 4.69) is 5.32 Å². The van der Waals surface area contributed by atoms with Crippen LogP contribution in [-0.2, 0) is 19.1 Å². The fourth-order valence-corrected chi connectivity index (χ4v) is 3.22. The Morgan fingerprint density at radius 2 is 1.47 bits per heavy atom. The summed E-state index contributed by atoms with van der Waals surface area (Å²) in [5, 5.41) is 3.15. The van der Waals surface area contributed by atoms with E-state index >= 15 is 0 Å². The van der Waals surface area contributed by atoms with Gasteiger partial charge in [0.15, 0.2) is 6.61 Å². The monoisotopic (exact) mass is 450 g/mol. The molecule has 0 heterocycles. The zero-order valence-electron chi connectivity index (χ0n) is 17.6. The van der Waals surface area contributed by atoms with E-state index in [1.54, 1.807) is 23.1 Å². The van der Waals surface area contributed by atoms with Crippen LogP contribution in [0.3, 0.4) is 0 Å². The molecule has 3 rings (SSSR count). The van der Waals surface area contributed by atoms with Crippen molar-refractivity contribution in [2.24, 2.45) is 0 Å². The fourth-order valence-electron chi connectivity index (χ4n) is 3.05. The summed E-state index contributed by atoms with van der Waals surface area (Å²) < 4.78 is 5.03. The molecule has 0 aliphatic rings. The molecule has 0 spiro atoms. The molecule has 0 atom stereocenters. The van der Waals surface area contributed by atoms with Gasteiger partial charge >= 0.3 is 5.97 Å². The third-order valence-corrected chi connectivity index (χ3v) is 4.89. The second kappa shape index (κ2) is 11.1. The number of ether oxygens (including phenoxy) is 1. The van der Waals surface area contributed by atoms with Gasteiger partial charge in [-0.1, -0.05) is 54.1 Å². The Kier molecular flexibility index (Phi) is 8.00. The van der Waals surface area contributed by atoms with Crippen molar-refractivity contribution in [2.45, 2.75) is 19.8 Å². The second-order valence-corrected chi connectivity index (χ2v) is 7.50. The second-order valence-electron chi connectivity index (χ2n) is 7.07. The van der Waals surface area contributed by atoms with Gasteiger partial charge in [-0.2, -0.15) is 0 Å². The molecule has 0 aliphatic carbocycles. The van der Waals surface area contributed by atoms with Crippen molar-refractivity contribution < 1.29 is 19.1 Å². The summed E-state index contributed by atoms with van der Waals surface area (Å²) >= 11 is 5.94. The minimum atomic E-state index is -0.627. The van der Waals surface area contributed by atoms with Gasteiger partial charge in [0, 0.05) is 28.5 Å². The van der Waals surface area contributed by atoms with Crippen LogP contribution < -0.4 is 10.2 Å². The van der Waals surface area contributed by atoms with Gasteiger partial charge in [0.1, 0.15) is 0 Å². The lowest BCUT2D eigenvalue weighted by Gasteiger charge is -2.23. The number of aryl methyl sites for hydroxylation is 1. The number of nitrogens with zero attached hydrogens (tertiary/aromatic N) is 1. The largest absolute Gasteiger partial charge is 0.456 e. The smallest absolute Gasteiger partial charge is 0.306 e. The van der Waals surface area contributed by atoms with Crippen LogP contribution in [0.15, 0.2) is 78.9 Å². The average Bonchev–Trinajstić information content (AvgIpc) is 2.80. The van der Waals surface area contributed by atoms with Gasteiger partial charge in [0.25, 0.3) is 5.91 Å². The first kappa shape index (κ1) is 23.0. The number of carbonyl (C=O) groups excluding carboxylic acids is 3. The summed E-state index contributed by atoms with van der Waals surface area (Å²) in [4.78, 5) is 38.7. The standard InChI is InChI=1S/C25H23ClN2O4/c1-18-12-13-19(26)16-22(18)27-23(29)17-32-25(31)15-14-24(30)28(20-8-4-2-5-9-20)21-10-6-3-7-11-21/h2-13,16H,14-15,17H2,1H3,(H,27,29). The highest BCUT2D eigenvalue weighted by Crippen LogP contribution is 2.26. The van der Waals surface area contributed by atoms with Crippen LogP contribution in [-0.4, -0.2) is 24.4 Å². The Bertz CT molecular complexity index is 1050. The Balaban J connectivity index is 1.54. The molecular formula is C25H23ClN2O4. The number of rotatable bonds is 8. The van der Waals surface area contributed by atoms with Gasteiger partial charge in [-0.05, 0) is 48.9 Å². The third-order valence-electron chi connectivity index (χ3n) is 4.66. The van der Waals surface area contributed by atoms with Gasteiger partial charge in [0.2, 0.25) is 5.91 Å². The van der Waals surface area contributed by atoms with Gasteiger partial charge < -0.3 is 10.1 Å². The molecule has 0 unspecified atom stereocenters. The molecular weight excluding hydrogens is 428 g/mol. The molecule has 1 N–H and O–H groups in total. The highest BCUT2D eigenvalue weighted by atomic mass is 35.5. The number of amides is 2. The van der Waals surface area contributed by atoms with Crippen molar-refractivity contribution in [3.8, 4) is 0 Å². The van der Waals surface area contributed by atoms with Crippen molar-refractivity contribution in [1.82, 2.24) is 0 Å². The van der Waals surface area contributed by atoms with Crippen LogP contribution in [0.1, 0.15) is 18.4 Å². The zero-order chi connectivity index (χ0) is 22.9. The SMILES string of the molecule is Cc1ccc(Cl)cc1NC(=O)COC(=O)CCC(=O)N(c1ccccc1)c1ccccc1. The van der Waals surface area contributed by atoms with E-state index in [1.807, 2.05) is 67.6 Å². The predicted molar refractivity (Wildman–Crippen MR) is 125 cm³/mol. The molecule has 7 heteroatoms. The van der Waals surface area contributed by atoms with E-state index in [4.69, 9.17) is 16.3 Å². The summed E-state index contributed by atoms with van der Waals surface area (Å²) in [5.41, 5.74) is 2.79. The average molecular weight is 451 g/mol.